The van der Waals surface area contributed by atoms with E-state index in [4.69, 9.17) is 9.47 Å². The molecule has 0 saturated carbocycles. The molecule has 3 aromatic rings. The number of hydrogen-bond donors (Lipinski definition) is 0. The lowest BCUT2D eigenvalue weighted by Gasteiger charge is -2.24. The van der Waals surface area contributed by atoms with Crippen LogP contribution < -0.4 is 9.64 Å². The van der Waals surface area contributed by atoms with Crippen molar-refractivity contribution in [3.05, 3.63) is 89.1 Å². The Morgan fingerprint density at radius 2 is 1.88 bits per heavy atom. The summed E-state index contributed by atoms with van der Waals surface area (Å²) in [6, 6.07) is 16.2. The van der Waals surface area contributed by atoms with E-state index in [0.717, 1.165) is 42.0 Å². The van der Waals surface area contributed by atoms with Crippen LogP contribution in [0.2, 0.25) is 0 Å². The van der Waals surface area contributed by atoms with Crippen LogP contribution in [0.4, 0.5) is 19.0 Å². The van der Waals surface area contributed by atoms with Crippen molar-refractivity contribution in [1.29, 1.82) is 0 Å². The van der Waals surface area contributed by atoms with Gasteiger partial charge in [0.25, 0.3) is 0 Å². The molecule has 0 bridgehead atoms. The number of fused-ring (bicyclic) bond motifs is 1. The van der Waals surface area contributed by atoms with E-state index in [-0.39, 0.29) is 25.4 Å². The van der Waals surface area contributed by atoms with Crippen molar-refractivity contribution in [2.75, 3.05) is 32.2 Å². The van der Waals surface area contributed by atoms with E-state index >= 15 is 0 Å². The Hall–Kier alpha value is -4.08. The maximum absolute atomic E-state index is 13.5. The summed E-state index contributed by atoms with van der Waals surface area (Å²) >= 11 is 0. The summed E-state index contributed by atoms with van der Waals surface area (Å²) in [6.07, 6.45) is -1.66. The zero-order chi connectivity index (χ0) is 28.7. The molecule has 1 aliphatic heterocycles. The van der Waals surface area contributed by atoms with E-state index in [1.165, 1.54) is 19.2 Å². The highest BCUT2D eigenvalue weighted by Crippen LogP contribution is 2.31. The molecule has 7 nitrogen and oxygen atoms in total. The van der Waals surface area contributed by atoms with Gasteiger partial charge in [-0.1, -0.05) is 24.3 Å². The van der Waals surface area contributed by atoms with Crippen molar-refractivity contribution in [2.45, 2.75) is 38.5 Å². The molecule has 0 spiro atoms. The molecule has 10 heteroatoms. The Bertz CT molecular complexity index is 1300. The van der Waals surface area contributed by atoms with E-state index in [9.17, 15) is 22.8 Å². The third kappa shape index (κ3) is 7.52. The van der Waals surface area contributed by atoms with Crippen molar-refractivity contribution >= 4 is 17.7 Å². The summed E-state index contributed by atoms with van der Waals surface area (Å²) < 4.78 is 49.8. The van der Waals surface area contributed by atoms with Crippen molar-refractivity contribution in [1.82, 2.24) is 9.88 Å². The molecular formula is C30H32F3N3O4. The van der Waals surface area contributed by atoms with Gasteiger partial charge in [0.15, 0.2) is 0 Å². The summed E-state index contributed by atoms with van der Waals surface area (Å²) in [4.78, 5) is 33.5. The number of esters is 1. The number of carbonyl (C=O) groups is 2. The summed E-state index contributed by atoms with van der Waals surface area (Å²) in [5, 5.41) is 0. The average molecular weight is 556 g/mol. The fraction of sp³-hybridized carbons (Fsp3) is 0.367. The van der Waals surface area contributed by atoms with Crippen molar-refractivity contribution in [2.24, 2.45) is 5.92 Å². The van der Waals surface area contributed by atoms with Gasteiger partial charge in [-0.3, -0.25) is 9.59 Å². The first-order valence-electron chi connectivity index (χ1n) is 13.0. The van der Waals surface area contributed by atoms with E-state index in [1.54, 1.807) is 11.1 Å². The molecule has 0 aliphatic carbocycles. The Morgan fingerprint density at radius 3 is 2.55 bits per heavy atom. The Kier molecular flexibility index (Phi) is 9.29. The molecule has 212 valence electrons. The number of rotatable bonds is 10. The number of alkyl halides is 3. The minimum absolute atomic E-state index is 0.0830. The first-order chi connectivity index (χ1) is 19.1. The quantitative estimate of drug-likeness (QED) is 0.251. The second kappa shape index (κ2) is 12.8. The number of carbonyl (C=O) groups excluding carboxylic acids is 2. The van der Waals surface area contributed by atoms with Crippen molar-refractivity contribution in [3.8, 4) is 5.75 Å². The van der Waals surface area contributed by atoms with Gasteiger partial charge in [-0.25, -0.2) is 4.98 Å². The number of anilines is 1. The highest BCUT2D eigenvalue weighted by Gasteiger charge is 2.33. The zero-order valence-electron chi connectivity index (χ0n) is 22.5. The van der Waals surface area contributed by atoms with Crippen LogP contribution >= 0.6 is 0 Å². The van der Waals surface area contributed by atoms with E-state index in [0.29, 0.717) is 24.3 Å². The maximum Gasteiger partial charge on any atom is 0.416 e. The lowest BCUT2D eigenvalue weighted by molar-refractivity contribution is -0.147. The largest absolute Gasteiger partial charge is 0.494 e. The Balaban J connectivity index is 1.46. The molecule has 0 saturated heterocycles. The monoisotopic (exact) mass is 555 g/mol. The molecule has 0 fully saturated rings. The predicted molar refractivity (Wildman–Crippen MR) is 144 cm³/mol. The summed E-state index contributed by atoms with van der Waals surface area (Å²) in [6.45, 7) is 1.59. The lowest BCUT2D eigenvalue weighted by Crippen LogP contribution is -2.35. The highest BCUT2D eigenvalue weighted by molar-refractivity contribution is 5.84. The van der Waals surface area contributed by atoms with Crippen LogP contribution in [0.1, 0.15) is 35.1 Å². The molecule has 1 atom stereocenters. The van der Waals surface area contributed by atoms with Gasteiger partial charge in [0, 0.05) is 32.9 Å². The van der Waals surface area contributed by atoms with Gasteiger partial charge in [-0.2, -0.15) is 13.2 Å². The number of nitrogens with zero attached hydrogens (tertiary/aromatic N) is 3. The van der Waals surface area contributed by atoms with Crippen LogP contribution in [0, 0.1) is 5.92 Å². The molecule has 1 aliphatic rings. The molecule has 4 rings (SSSR count). The fourth-order valence-corrected chi connectivity index (χ4v) is 4.72. The number of pyridine rings is 1. The van der Waals surface area contributed by atoms with E-state index in [2.05, 4.69) is 4.98 Å². The third-order valence-corrected chi connectivity index (χ3v) is 6.91. The Morgan fingerprint density at radius 1 is 1.10 bits per heavy atom. The smallest absolute Gasteiger partial charge is 0.416 e. The van der Waals surface area contributed by atoms with Crippen LogP contribution in [-0.4, -0.2) is 49.1 Å². The normalized spacial score (nSPS) is 15.3. The van der Waals surface area contributed by atoms with E-state index in [1.807, 2.05) is 48.3 Å². The molecule has 2 aromatic carbocycles. The third-order valence-electron chi connectivity index (χ3n) is 6.91. The molecule has 2 heterocycles. The summed E-state index contributed by atoms with van der Waals surface area (Å²) in [5.41, 5.74) is 1.60. The Labute approximate surface area is 231 Å². The number of methoxy groups -OCH3 is 1. The van der Waals surface area contributed by atoms with Crippen LogP contribution in [0.5, 0.6) is 5.75 Å². The van der Waals surface area contributed by atoms with Gasteiger partial charge < -0.3 is 19.3 Å². The molecule has 1 unspecified atom stereocenters. The van der Waals surface area contributed by atoms with Gasteiger partial charge in [-0.15, -0.1) is 0 Å². The minimum Gasteiger partial charge on any atom is -0.494 e. The van der Waals surface area contributed by atoms with Gasteiger partial charge in [0.05, 0.1) is 31.6 Å². The van der Waals surface area contributed by atoms with Gasteiger partial charge in [0.2, 0.25) is 5.91 Å². The van der Waals surface area contributed by atoms with Crippen LogP contribution in [0.15, 0.2) is 66.9 Å². The summed E-state index contributed by atoms with van der Waals surface area (Å²) in [5.74, 6) is 0.157. The standard InChI is InChI=1S/C30H32F3N3O4/c1-35(27-6-3-4-13-34-27)14-5-15-40-26-12-9-22-16-23(18-28(37)39-2)29(38)36(20-24(22)17-26)19-21-7-10-25(11-8-21)30(31,32)33/h3-4,6-13,17,23H,5,14-16,18-20H2,1-2H3. The predicted octanol–water partition coefficient (Wildman–Crippen LogP) is 5.27. The van der Waals surface area contributed by atoms with Gasteiger partial charge >= 0.3 is 12.1 Å². The molecule has 1 aromatic heterocycles. The number of amides is 1. The van der Waals surface area contributed by atoms with Crippen LogP contribution in [0.3, 0.4) is 0 Å². The van der Waals surface area contributed by atoms with Gasteiger partial charge in [-0.05, 0) is 65.9 Å². The number of aromatic nitrogens is 1. The molecule has 40 heavy (non-hydrogen) atoms. The van der Waals surface area contributed by atoms with Crippen molar-refractivity contribution in [3.63, 3.8) is 0 Å². The second-order valence-electron chi connectivity index (χ2n) is 9.81. The lowest BCUT2D eigenvalue weighted by atomic mass is 9.94. The topological polar surface area (TPSA) is 72.0 Å². The number of benzene rings is 2. The molecule has 0 N–H and O–H groups in total. The minimum atomic E-state index is -4.44. The fourth-order valence-electron chi connectivity index (χ4n) is 4.72. The first kappa shape index (κ1) is 28.9. The summed E-state index contributed by atoms with van der Waals surface area (Å²) in [7, 11) is 3.24. The first-order valence-corrected chi connectivity index (χ1v) is 13.0. The average Bonchev–Trinajstić information content (AvgIpc) is 3.07. The molecular weight excluding hydrogens is 523 g/mol. The molecule has 1 amide bonds. The molecule has 0 radical (unpaired) electrons. The number of halogens is 3. The number of ether oxygens (including phenoxy) is 2. The second-order valence-corrected chi connectivity index (χ2v) is 9.81. The highest BCUT2D eigenvalue weighted by atomic mass is 19.4. The SMILES string of the molecule is COC(=O)CC1Cc2ccc(OCCCN(C)c3ccccn3)cc2CN(Cc2ccc(C(F)(F)F)cc2)C1=O. The van der Waals surface area contributed by atoms with Gasteiger partial charge in [0.1, 0.15) is 11.6 Å². The van der Waals surface area contributed by atoms with E-state index < -0.39 is 23.6 Å². The van der Waals surface area contributed by atoms with Crippen LogP contribution in [0.25, 0.3) is 0 Å². The maximum atomic E-state index is 13.5. The zero-order valence-corrected chi connectivity index (χ0v) is 22.5. The number of hydrogen-bond acceptors (Lipinski definition) is 6. The van der Waals surface area contributed by atoms with Crippen LogP contribution in [-0.2, 0) is 40.0 Å². The van der Waals surface area contributed by atoms with Crippen molar-refractivity contribution < 1.29 is 32.2 Å².